The lowest BCUT2D eigenvalue weighted by Crippen LogP contribution is -2.35. The van der Waals surface area contributed by atoms with E-state index in [4.69, 9.17) is 9.15 Å². The number of hydrogen-bond acceptors (Lipinski definition) is 6. The van der Waals surface area contributed by atoms with E-state index in [1.165, 1.54) is 18.4 Å². The van der Waals surface area contributed by atoms with Crippen LogP contribution in [-0.4, -0.2) is 34.1 Å². The Kier molecular flexibility index (Phi) is 4.74. The first-order chi connectivity index (χ1) is 12.4. The number of carbonyl (C=O) groups excluding carboxylic acids is 3. The monoisotopic (exact) mass is 356 g/mol. The number of aryl methyl sites for hydroxylation is 1. The van der Waals surface area contributed by atoms with Gasteiger partial charge in [0, 0.05) is 30.3 Å². The van der Waals surface area contributed by atoms with Crippen LogP contribution in [0.3, 0.4) is 0 Å². The molecule has 0 bridgehead atoms. The normalized spacial score (nSPS) is 10.7. The second kappa shape index (κ2) is 7.14. The summed E-state index contributed by atoms with van der Waals surface area (Å²) >= 11 is 0. The molecule has 2 heterocycles. The van der Waals surface area contributed by atoms with Gasteiger partial charge in [0.05, 0.1) is 12.7 Å². The first kappa shape index (κ1) is 17.3. The molecule has 134 valence electrons. The zero-order valence-corrected chi connectivity index (χ0v) is 13.9. The fourth-order valence-corrected chi connectivity index (χ4v) is 2.49. The summed E-state index contributed by atoms with van der Waals surface area (Å²) in [5.74, 6) is -1.87. The minimum atomic E-state index is -0.716. The van der Waals surface area contributed by atoms with E-state index < -0.39 is 24.4 Å². The van der Waals surface area contributed by atoms with Crippen molar-refractivity contribution in [3.8, 4) is 5.75 Å². The highest BCUT2D eigenvalue weighted by Gasteiger charge is 2.16. The number of carbonyl (C=O) groups is 3. The van der Waals surface area contributed by atoms with Crippen LogP contribution in [0.1, 0.15) is 16.1 Å². The maximum atomic E-state index is 11.9. The Balaban J connectivity index is 1.52. The average Bonchev–Trinajstić information content (AvgIpc) is 3.19. The number of rotatable bonds is 5. The van der Waals surface area contributed by atoms with E-state index in [-0.39, 0.29) is 12.2 Å². The SMILES string of the molecule is Cn1cccc1C(=O)NC(=O)COC(=O)Cc1coc2cc(O)ccc12. The van der Waals surface area contributed by atoms with Gasteiger partial charge in [-0.3, -0.25) is 19.7 Å². The summed E-state index contributed by atoms with van der Waals surface area (Å²) in [5, 5.41) is 12.2. The molecule has 2 N–H and O–H groups in total. The van der Waals surface area contributed by atoms with Gasteiger partial charge in [-0.1, -0.05) is 0 Å². The third-order valence-electron chi connectivity index (χ3n) is 3.77. The molecule has 0 unspecified atom stereocenters. The van der Waals surface area contributed by atoms with Gasteiger partial charge in [0.25, 0.3) is 11.8 Å². The summed E-state index contributed by atoms with van der Waals surface area (Å²) in [7, 11) is 1.67. The molecule has 8 heteroatoms. The molecular weight excluding hydrogens is 340 g/mol. The predicted molar refractivity (Wildman–Crippen MR) is 90.4 cm³/mol. The van der Waals surface area contributed by atoms with Gasteiger partial charge in [0.15, 0.2) is 6.61 Å². The molecule has 0 saturated carbocycles. The van der Waals surface area contributed by atoms with Crippen LogP contribution in [0.2, 0.25) is 0 Å². The number of nitrogens with zero attached hydrogens (tertiary/aromatic N) is 1. The predicted octanol–water partition coefficient (Wildman–Crippen LogP) is 1.52. The Morgan fingerprint density at radius 3 is 2.81 bits per heavy atom. The largest absolute Gasteiger partial charge is 0.508 e. The third-order valence-corrected chi connectivity index (χ3v) is 3.77. The van der Waals surface area contributed by atoms with E-state index in [1.54, 1.807) is 36.0 Å². The molecule has 0 radical (unpaired) electrons. The second-order valence-electron chi connectivity index (χ2n) is 5.66. The first-order valence-electron chi connectivity index (χ1n) is 7.74. The van der Waals surface area contributed by atoms with E-state index in [2.05, 4.69) is 5.32 Å². The van der Waals surface area contributed by atoms with Gasteiger partial charge in [0.1, 0.15) is 17.0 Å². The van der Waals surface area contributed by atoms with Crippen LogP contribution in [-0.2, 0) is 27.8 Å². The number of fused-ring (bicyclic) bond motifs is 1. The lowest BCUT2D eigenvalue weighted by atomic mass is 10.1. The lowest BCUT2D eigenvalue weighted by Gasteiger charge is -2.06. The van der Waals surface area contributed by atoms with Crippen LogP contribution in [0, 0.1) is 0 Å². The van der Waals surface area contributed by atoms with Gasteiger partial charge >= 0.3 is 5.97 Å². The number of aromatic hydroxyl groups is 1. The van der Waals surface area contributed by atoms with E-state index >= 15 is 0 Å². The highest BCUT2D eigenvalue weighted by Crippen LogP contribution is 2.25. The van der Waals surface area contributed by atoms with Crippen molar-refractivity contribution < 1.29 is 28.6 Å². The number of furan rings is 1. The molecule has 0 aliphatic carbocycles. The number of phenols is 1. The molecule has 3 rings (SSSR count). The smallest absolute Gasteiger partial charge is 0.310 e. The fourth-order valence-electron chi connectivity index (χ4n) is 2.49. The van der Waals surface area contributed by atoms with Gasteiger partial charge in [0.2, 0.25) is 0 Å². The molecule has 0 fully saturated rings. The second-order valence-corrected chi connectivity index (χ2v) is 5.66. The number of phenolic OH excluding ortho intramolecular Hbond substituents is 1. The van der Waals surface area contributed by atoms with E-state index in [0.717, 1.165) is 0 Å². The molecule has 0 atom stereocenters. The molecule has 3 aromatic rings. The topological polar surface area (TPSA) is 111 Å². The molecule has 0 spiro atoms. The summed E-state index contributed by atoms with van der Waals surface area (Å²) in [5.41, 5.74) is 1.33. The number of imide groups is 1. The minimum absolute atomic E-state index is 0.0561. The van der Waals surface area contributed by atoms with Crippen LogP contribution < -0.4 is 5.32 Å². The van der Waals surface area contributed by atoms with Crippen molar-refractivity contribution in [3.05, 3.63) is 54.0 Å². The number of esters is 1. The number of nitrogens with one attached hydrogen (secondary N) is 1. The van der Waals surface area contributed by atoms with Gasteiger partial charge in [-0.05, 0) is 24.3 Å². The average molecular weight is 356 g/mol. The molecular formula is C18H16N2O6. The number of hydrogen-bond donors (Lipinski definition) is 2. The van der Waals surface area contributed by atoms with Gasteiger partial charge < -0.3 is 18.8 Å². The quantitative estimate of drug-likeness (QED) is 0.671. The Morgan fingerprint density at radius 1 is 1.27 bits per heavy atom. The summed E-state index contributed by atoms with van der Waals surface area (Å²) in [6, 6.07) is 7.79. The van der Waals surface area contributed by atoms with E-state index in [0.29, 0.717) is 22.2 Å². The molecule has 0 saturated heterocycles. The van der Waals surface area contributed by atoms with Crippen molar-refractivity contribution >= 4 is 28.8 Å². The van der Waals surface area contributed by atoms with E-state index in [1.807, 2.05) is 0 Å². The highest BCUT2D eigenvalue weighted by molar-refractivity contribution is 6.04. The summed E-state index contributed by atoms with van der Waals surface area (Å²) < 4.78 is 11.7. The van der Waals surface area contributed by atoms with Gasteiger partial charge in [-0.25, -0.2) is 0 Å². The van der Waals surface area contributed by atoms with Crippen molar-refractivity contribution in [1.29, 1.82) is 0 Å². The number of amides is 2. The molecule has 2 aromatic heterocycles. The van der Waals surface area contributed by atoms with E-state index in [9.17, 15) is 19.5 Å². The Hall–Kier alpha value is -3.55. The zero-order chi connectivity index (χ0) is 18.7. The summed E-state index contributed by atoms with van der Waals surface area (Å²) in [6.07, 6.45) is 2.97. The molecule has 1 aromatic carbocycles. The molecule has 0 aliphatic rings. The number of aromatic nitrogens is 1. The summed E-state index contributed by atoms with van der Waals surface area (Å²) in [4.78, 5) is 35.5. The van der Waals surface area contributed by atoms with Crippen molar-refractivity contribution in [2.75, 3.05) is 6.61 Å². The summed E-state index contributed by atoms with van der Waals surface area (Å²) in [6.45, 7) is -0.564. The van der Waals surface area contributed by atoms with Gasteiger partial charge in [-0.15, -0.1) is 0 Å². The third kappa shape index (κ3) is 3.75. The number of ether oxygens (including phenoxy) is 1. The lowest BCUT2D eigenvalue weighted by molar-refractivity contribution is -0.147. The van der Waals surface area contributed by atoms with Crippen LogP contribution in [0.15, 0.2) is 47.2 Å². The maximum Gasteiger partial charge on any atom is 0.310 e. The van der Waals surface area contributed by atoms with Crippen LogP contribution >= 0.6 is 0 Å². The molecule has 0 aliphatic heterocycles. The standard InChI is InChI=1S/C18H16N2O6/c1-20-6-2-3-14(20)18(24)19-16(22)10-26-17(23)7-11-9-25-15-8-12(21)4-5-13(11)15/h2-6,8-9,21H,7,10H2,1H3,(H,19,22,24). The van der Waals surface area contributed by atoms with Crippen molar-refractivity contribution in [3.63, 3.8) is 0 Å². The molecule has 2 amide bonds. The van der Waals surface area contributed by atoms with Crippen LogP contribution in [0.25, 0.3) is 11.0 Å². The van der Waals surface area contributed by atoms with Gasteiger partial charge in [-0.2, -0.15) is 0 Å². The fraction of sp³-hybridized carbons (Fsp3) is 0.167. The first-order valence-corrected chi connectivity index (χ1v) is 7.74. The Bertz CT molecular complexity index is 985. The van der Waals surface area contributed by atoms with Crippen molar-refractivity contribution in [2.45, 2.75) is 6.42 Å². The van der Waals surface area contributed by atoms with Crippen molar-refractivity contribution in [1.82, 2.24) is 9.88 Å². The number of benzene rings is 1. The molecule has 26 heavy (non-hydrogen) atoms. The Morgan fingerprint density at radius 2 is 2.08 bits per heavy atom. The minimum Gasteiger partial charge on any atom is -0.508 e. The van der Waals surface area contributed by atoms with Crippen LogP contribution in [0.5, 0.6) is 5.75 Å². The maximum absolute atomic E-state index is 11.9. The van der Waals surface area contributed by atoms with Crippen molar-refractivity contribution in [2.24, 2.45) is 7.05 Å². The zero-order valence-electron chi connectivity index (χ0n) is 13.9. The van der Waals surface area contributed by atoms with Crippen LogP contribution in [0.4, 0.5) is 0 Å². The highest BCUT2D eigenvalue weighted by atomic mass is 16.5. The Labute approximate surface area is 148 Å². The molecule has 8 nitrogen and oxygen atoms in total.